The molecule has 0 saturated carbocycles. The van der Waals surface area contributed by atoms with E-state index in [0.717, 1.165) is 6.42 Å². The molecule has 3 heteroatoms. The Balaban J connectivity index is 2.28. The Hall–Kier alpha value is -1.61. The van der Waals surface area contributed by atoms with Gasteiger partial charge in [-0.05, 0) is 25.1 Å². The summed E-state index contributed by atoms with van der Waals surface area (Å²) in [6.45, 7) is 2.19. The van der Waals surface area contributed by atoms with Gasteiger partial charge < -0.3 is 5.32 Å². The smallest absolute Gasteiger partial charge is 0.0711 e. The van der Waals surface area contributed by atoms with E-state index in [9.17, 15) is 0 Å². The standard InChI is InChI=1S/C14H19N3/c1-3-13(17-11-7-10-16-17)14(15-2)12-8-5-4-6-9-12/h4-11,13-15H,3H2,1-2H3. The second-order valence-corrected chi connectivity index (χ2v) is 4.14. The molecule has 2 atom stereocenters. The SMILES string of the molecule is CCC(C(NC)c1ccccc1)n1cccn1. The predicted molar refractivity (Wildman–Crippen MR) is 69.8 cm³/mol. The van der Waals surface area contributed by atoms with E-state index in [0.29, 0.717) is 12.1 Å². The maximum absolute atomic E-state index is 4.36. The number of likely N-dealkylation sites (N-methyl/N-ethyl adjacent to an activating group) is 1. The summed E-state index contributed by atoms with van der Waals surface area (Å²) in [5, 5.41) is 7.76. The second-order valence-electron chi connectivity index (χ2n) is 4.14. The fourth-order valence-electron chi connectivity index (χ4n) is 2.29. The Labute approximate surface area is 102 Å². The molecule has 90 valence electrons. The normalized spacial score (nSPS) is 14.5. The molecule has 2 rings (SSSR count). The lowest BCUT2D eigenvalue weighted by Crippen LogP contribution is -2.27. The molecular formula is C14H19N3. The Bertz CT molecular complexity index is 422. The van der Waals surface area contributed by atoms with E-state index in [-0.39, 0.29) is 0 Å². The maximum Gasteiger partial charge on any atom is 0.0711 e. The van der Waals surface area contributed by atoms with E-state index in [1.54, 1.807) is 0 Å². The third-order valence-electron chi connectivity index (χ3n) is 3.14. The van der Waals surface area contributed by atoms with Gasteiger partial charge in [0.05, 0.1) is 12.1 Å². The highest BCUT2D eigenvalue weighted by atomic mass is 15.3. The average Bonchev–Trinajstić information content (AvgIpc) is 2.90. The number of rotatable bonds is 5. The highest BCUT2D eigenvalue weighted by Gasteiger charge is 2.21. The van der Waals surface area contributed by atoms with E-state index in [1.807, 2.05) is 36.3 Å². The van der Waals surface area contributed by atoms with Crippen LogP contribution in [0.2, 0.25) is 0 Å². The molecule has 17 heavy (non-hydrogen) atoms. The zero-order valence-electron chi connectivity index (χ0n) is 10.4. The molecule has 0 aliphatic heterocycles. The first kappa shape index (κ1) is 11.9. The molecule has 1 aromatic carbocycles. The topological polar surface area (TPSA) is 29.9 Å². The van der Waals surface area contributed by atoms with Crippen molar-refractivity contribution in [3.05, 3.63) is 54.4 Å². The van der Waals surface area contributed by atoms with Crippen LogP contribution in [-0.2, 0) is 0 Å². The lowest BCUT2D eigenvalue weighted by molar-refractivity contribution is 0.336. The summed E-state index contributed by atoms with van der Waals surface area (Å²) in [6, 6.07) is 13.1. The molecule has 1 aromatic heterocycles. The zero-order chi connectivity index (χ0) is 12.1. The van der Waals surface area contributed by atoms with Gasteiger partial charge in [0.15, 0.2) is 0 Å². The van der Waals surface area contributed by atoms with Gasteiger partial charge in [-0.15, -0.1) is 0 Å². The van der Waals surface area contributed by atoms with Gasteiger partial charge in [0, 0.05) is 12.4 Å². The summed E-state index contributed by atoms with van der Waals surface area (Å²) in [7, 11) is 2.00. The van der Waals surface area contributed by atoms with Crippen molar-refractivity contribution < 1.29 is 0 Å². The minimum atomic E-state index is 0.293. The number of nitrogens with one attached hydrogen (secondary N) is 1. The Morgan fingerprint density at radius 3 is 2.53 bits per heavy atom. The summed E-state index contributed by atoms with van der Waals surface area (Å²) in [6.07, 6.45) is 4.91. The van der Waals surface area contributed by atoms with Crippen LogP contribution < -0.4 is 5.32 Å². The molecule has 0 radical (unpaired) electrons. The summed E-state index contributed by atoms with van der Waals surface area (Å²) < 4.78 is 2.04. The van der Waals surface area contributed by atoms with Crippen molar-refractivity contribution in [3.8, 4) is 0 Å². The van der Waals surface area contributed by atoms with Crippen LogP contribution in [0.25, 0.3) is 0 Å². The molecule has 0 saturated heterocycles. The van der Waals surface area contributed by atoms with Crippen LogP contribution in [0.4, 0.5) is 0 Å². The van der Waals surface area contributed by atoms with Gasteiger partial charge in [-0.2, -0.15) is 5.10 Å². The lowest BCUT2D eigenvalue weighted by atomic mass is 9.98. The van der Waals surface area contributed by atoms with Crippen molar-refractivity contribution in [2.24, 2.45) is 0 Å². The van der Waals surface area contributed by atoms with E-state index in [1.165, 1.54) is 5.56 Å². The van der Waals surface area contributed by atoms with Gasteiger partial charge in [0.1, 0.15) is 0 Å². The van der Waals surface area contributed by atoms with Crippen LogP contribution in [0.3, 0.4) is 0 Å². The highest BCUT2D eigenvalue weighted by Crippen LogP contribution is 2.27. The maximum atomic E-state index is 4.36. The van der Waals surface area contributed by atoms with Gasteiger partial charge in [-0.1, -0.05) is 37.3 Å². The van der Waals surface area contributed by atoms with Crippen molar-refractivity contribution in [3.63, 3.8) is 0 Å². The number of hydrogen-bond acceptors (Lipinski definition) is 2. The molecule has 1 N–H and O–H groups in total. The van der Waals surface area contributed by atoms with Crippen molar-refractivity contribution in [1.29, 1.82) is 0 Å². The zero-order valence-corrected chi connectivity index (χ0v) is 10.4. The largest absolute Gasteiger partial charge is 0.311 e. The quantitative estimate of drug-likeness (QED) is 0.854. The van der Waals surface area contributed by atoms with E-state index in [2.05, 4.69) is 41.6 Å². The summed E-state index contributed by atoms with van der Waals surface area (Å²) in [5.74, 6) is 0. The minimum absolute atomic E-state index is 0.293. The summed E-state index contributed by atoms with van der Waals surface area (Å²) in [4.78, 5) is 0. The summed E-state index contributed by atoms with van der Waals surface area (Å²) >= 11 is 0. The number of benzene rings is 1. The van der Waals surface area contributed by atoms with Crippen molar-refractivity contribution in [1.82, 2.24) is 15.1 Å². The third kappa shape index (κ3) is 2.56. The van der Waals surface area contributed by atoms with E-state index < -0.39 is 0 Å². The van der Waals surface area contributed by atoms with Crippen LogP contribution in [0.15, 0.2) is 48.8 Å². The van der Waals surface area contributed by atoms with Gasteiger partial charge in [0.2, 0.25) is 0 Å². The molecule has 3 nitrogen and oxygen atoms in total. The van der Waals surface area contributed by atoms with Crippen LogP contribution >= 0.6 is 0 Å². The van der Waals surface area contributed by atoms with Gasteiger partial charge >= 0.3 is 0 Å². The molecule has 0 aliphatic rings. The van der Waals surface area contributed by atoms with Crippen LogP contribution in [-0.4, -0.2) is 16.8 Å². The minimum Gasteiger partial charge on any atom is -0.311 e. The van der Waals surface area contributed by atoms with Crippen molar-refractivity contribution >= 4 is 0 Å². The summed E-state index contributed by atoms with van der Waals surface area (Å²) in [5.41, 5.74) is 1.30. The number of aromatic nitrogens is 2. The van der Waals surface area contributed by atoms with Crippen LogP contribution in [0.5, 0.6) is 0 Å². The average molecular weight is 229 g/mol. The highest BCUT2D eigenvalue weighted by molar-refractivity contribution is 5.20. The molecule has 0 fully saturated rings. The fourth-order valence-corrected chi connectivity index (χ4v) is 2.29. The first-order valence-electron chi connectivity index (χ1n) is 6.08. The molecule has 0 amide bonds. The molecule has 2 unspecified atom stereocenters. The Kier molecular flexibility index (Phi) is 3.94. The van der Waals surface area contributed by atoms with Gasteiger partial charge in [-0.3, -0.25) is 4.68 Å². The van der Waals surface area contributed by atoms with Crippen LogP contribution in [0.1, 0.15) is 31.0 Å². The molecule has 0 aliphatic carbocycles. The molecule has 0 spiro atoms. The Morgan fingerprint density at radius 1 is 1.24 bits per heavy atom. The van der Waals surface area contributed by atoms with Crippen molar-refractivity contribution in [2.75, 3.05) is 7.05 Å². The van der Waals surface area contributed by atoms with Gasteiger partial charge in [0.25, 0.3) is 0 Å². The molecular weight excluding hydrogens is 210 g/mol. The van der Waals surface area contributed by atoms with Crippen molar-refractivity contribution in [2.45, 2.75) is 25.4 Å². The predicted octanol–water partition coefficient (Wildman–Crippen LogP) is 2.79. The molecule has 2 aromatic rings. The first-order valence-corrected chi connectivity index (χ1v) is 6.08. The first-order chi connectivity index (χ1) is 8.36. The van der Waals surface area contributed by atoms with E-state index in [4.69, 9.17) is 0 Å². The lowest BCUT2D eigenvalue weighted by Gasteiger charge is -2.26. The van der Waals surface area contributed by atoms with E-state index >= 15 is 0 Å². The van der Waals surface area contributed by atoms with Gasteiger partial charge in [-0.25, -0.2) is 0 Å². The fraction of sp³-hybridized carbons (Fsp3) is 0.357. The Morgan fingerprint density at radius 2 is 2.00 bits per heavy atom. The number of nitrogens with zero attached hydrogens (tertiary/aromatic N) is 2. The third-order valence-corrected chi connectivity index (χ3v) is 3.14. The van der Waals surface area contributed by atoms with Crippen LogP contribution in [0, 0.1) is 0 Å². The second kappa shape index (κ2) is 5.64. The molecule has 0 bridgehead atoms. The molecule has 1 heterocycles. The monoisotopic (exact) mass is 229 g/mol. The number of hydrogen-bond donors (Lipinski definition) is 1.